The molecule has 0 radical (unpaired) electrons. The number of imide groups is 1. The lowest BCUT2D eigenvalue weighted by atomic mass is 9.55. The highest BCUT2D eigenvalue weighted by Crippen LogP contribution is 2.66. The lowest BCUT2D eigenvalue weighted by molar-refractivity contribution is -0.122. The molecule has 0 spiro atoms. The number of anilines is 1. The summed E-state index contributed by atoms with van der Waals surface area (Å²) in [6, 6.07) is 23.6. The summed E-state index contributed by atoms with van der Waals surface area (Å²) in [7, 11) is 0. The summed E-state index contributed by atoms with van der Waals surface area (Å²) < 4.78 is 4.80. The highest BCUT2D eigenvalue weighted by molar-refractivity contribution is 9.09. The summed E-state index contributed by atoms with van der Waals surface area (Å²) in [6.07, 6.45) is 0. The average molecular weight is 474 g/mol. The van der Waals surface area contributed by atoms with Gasteiger partial charge in [-0.3, -0.25) is 9.59 Å². The molecule has 1 aliphatic heterocycles. The minimum absolute atomic E-state index is 0.124. The molecule has 0 aromatic heterocycles. The summed E-state index contributed by atoms with van der Waals surface area (Å²) in [6.45, 7) is 2.49. The molecule has 4 nitrogen and oxygen atoms in total. The maximum Gasteiger partial charge on any atom is 0.239 e. The van der Waals surface area contributed by atoms with Gasteiger partial charge in [-0.05, 0) is 53.4 Å². The van der Waals surface area contributed by atoms with Crippen molar-refractivity contribution in [1.82, 2.24) is 0 Å². The Balaban J connectivity index is 1.53. The first-order chi connectivity index (χ1) is 15.1. The molecule has 1 saturated heterocycles. The van der Waals surface area contributed by atoms with E-state index in [1.807, 2.05) is 43.3 Å². The zero-order valence-corrected chi connectivity index (χ0v) is 18.5. The number of carbonyl (C=O) groups is 2. The van der Waals surface area contributed by atoms with Crippen molar-refractivity contribution in [3.63, 3.8) is 0 Å². The van der Waals surface area contributed by atoms with Crippen LogP contribution in [0.4, 0.5) is 5.69 Å². The van der Waals surface area contributed by atoms with Gasteiger partial charge in [-0.1, -0.05) is 64.5 Å². The maximum atomic E-state index is 13.8. The molecule has 1 heterocycles. The van der Waals surface area contributed by atoms with Crippen molar-refractivity contribution >= 4 is 33.4 Å². The highest BCUT2D eigenvalue weighted by atomic mass is 79.9. The topological polar surface area (TPSA) is 46.6 Å². The number of halogens is 1. The Labute approximate surface area is 189 Å². The highest BCUT2D eigenvalue weighted by Gasteiger charge is 2.67. The van der Waals surface area contributed by atoms with Crippen LogP contribution in [0.3, 0.4) is 0 Å². The van der Waals surface area contributed by atoms with Crippen molar-refractivity contribution in [2.75, 3.05) is 11.5 Å². The van der Waals surface area contributed by atoms with E-state index in [9.17, 15) is 9.59 Å². The Morgan fingerprint density at radius 3 is 2.03 bits per heavy atom. The predicted molar refractivity (Wildman–Crippen MR) is 122 cm³/mol. The molecule has 7 rings (SSSR count). The molecule has 154 valence electrons. The van der Waals surface area contributed by atoms with Gasteiger partial charge in [0.2, 0.25) is 11.8 Å². The second kappa shape index (κ2) is 6.54. The first-order valence-electron chi connectivity index (χ1n) is 10.6. The Kier molecular flexibility index (Phi) is 3.97. The molecular weight excluding hydrogens is 454 g/mol. The number of ether oxygens (including phenoxy) is 1. The van der Waals surface area contributed by atoms with E-state index in [0.29, 0.717) is 12.3 Å². The van der Waals surface area contributed by atoms with Gasteiger partial charge in [-0.2, -0.15) is 0 Å². The molecule has 3 aromatic rings. The fourth-order valence-corrected chi connectivity index (χ4v) is 6.99. The Hall–Kier alpha value is -2.92. The second-order valence-corrected chi connectivity index (χ2v) is 9.56. The maximum absolute atomic E-state index is 13.8. The van der Waals surface area contributed by atoms with Crippen LogP contribution < -0.4 is 9.64 Å². The molecule has 0 unspecified atom stereocenters. The number of hydrogen-bond donors (Lipinski definition) is 0. The van der Waals surface area contributed by atoms with Crippen LogP contribution in [-0.4, -0.2) is 18.4 Å². The smallest absolute Gasteiger partial charge is 0.239 e. The van der Waals surface area contributed by atoms with Crippen LogP contribution in [0.5, 0.6) is 5.75 Å². The molecule has 3 aromatic carbocycles. The number of alkyl halides is 1. The quantitative estimate of drug-likeness (QED) is 0.397. The summed E-state index contributed by atoms with van der Waals surface area (Å²) >= 11 is 4.02. The van der Waals surface area contributed by atoms with Crippen LogP contribution in [0.15, 0.2) is 72.8 Å². The van der Waals surface area contributed by atoms with Crippen LogP contribution in [0.2, 0.25) is 0 Å². The van der Waals surface area contributed by atoms with Gasteiger partial charge < -0.3 is 4.74 Å². The van der Waals surface area contributed by atoms with Gasteiger partial charge in [0.25, 0.3) is 0 Å². The fraction of sp³-hybridized carbons (Fsp3) is 0.231. The Morgan fingerprint density at radius 1 is 0.871 bits per heavy atom. The molecule has 1 fully saturated rings. The zero-order valence-electron chi connectivity index (χ0n) is 16.9. The summed E-state index contributed by atoms with van der Waals surface area (Å²) in [5, 5.41) is 0. The van der Waals surface area contributed by atoms with E-state index in [1.54, 1.807) is 12.1 Å². The number of amides is 2. The van der Waals surface area contributed by atoms with E-state index in [0.717, 1.165) is 28.0 Å². The lowest BCUT2D eigenvalue weighted by Gasteiger charge is -2.51. The van der Waals surface area contributed by atoms with Crippen molar-refractivity contribution in [1.29, 1.82) is 0 Å². The van der Waals surface area contributed by atoms with Gasteiger partial charge in [-0.15, -0.1) is 0 Å². The van der Waals surface area contributed by atoms with Crippen molar-refractivity contribution in [2.24, 2.45) is 11.8 Å². The predicted octanol–water partition coefficient (Wildman–Crippen LogP) is 4.99. The van der Waals surface area contributed by atoms with Crippen molar-refractivity contribution in [3.8, 4) is 5.75 Å². The number of rotatable bonds is 3. The number of nitrogens with zero attached hydrogens (tertiary/aromatic N) is 1. The van der Waals surface area contributed by atoms with E-state index in [2.05, 4.69) is 40.2 Å². The van der Waals surface area contributed by atoms with Gasteiger partial charge in [0, 0.05) is 5.92 Å². The lowest BCUT2D eigenvalue weighted by Crippen LogP contribution is -2.50. The molecular formula is C26H20BrNO3. The molecule has 5 heteroatoms. The third kappa shape index (κ3) is 2.30. The van der Waals surface area contributed by atoms with Crippen LogP contribution in [0.25, 0.3) is 0 Å². The largest absolute Gasteiger partial charge is 0.494 e. The molecule has 2 amide bonds. The number of carbonyl (C=O) groups excluding carboxylic acids is 2. The second-order valence-electron chi connectivity index (χ2n) is 8.31. The SMILES string of the molecule is CCOc1ccc(N2C(=O)[C@H]3C4c5ccccc5C(Br)(c5ccccc54)[C@H]3C2=O)cc1. The molecule has 2 atom stereocenters. The minimum atomic E-state index is -0.716. The molecule has 0 N–H and O–H groups in total. The van der Waals surface area contributed by atoms with E-state index in [1.165, 1.54) is 4.90 Å². The monoisotopic (exact) mass is 473 g/mol. The Morgan fingerprint density at radius 2 is 1.45 bits per heavy atom. The van der Waals surface area contributed by atoms with Gasteiger partial charge in [-0.25, -0.2) is 4.90 Å². The third-order valence-corrected chi connectivity index (χ3v) is 8.27. The van der Waals surface area contributed by atoms with Gasteiger partial charge in [0.05, 0.1) is 28.5 Å². The summed E-state index contributed by atoms with van der Waals surface area (Å²) in [4.78, 5) is 29.0. The fourth-order valence-electron chi connectivity index (χ4n) is 5.79. The van der Waals surface area contributed by atoms with Crippen molar-refractivity contribution < 1.29 is 14.3 Å². The zero-order chi connectivity index (χ0) is 21.3. The number of benzene rings is 3. The van der Waals surface area contributed by atoms with E-state index in [4.69, 9.17) is 4.74 Å². The molecule has 3 aliphatic carbocycles. The van der Waals surface area contributed by atoms with Gasteiger partial charge in [0.15, 0.2) is 0 Å². The van der Waals surface area contributed by atoms with Crippen molar-refractivity contribution in [3.05, 3.63) is 95.1 Å². The first kappa shape index (κ1) is 18.8. The minimum Gasteiger partial charge on any atom is -0.494 e. The standard InChI is InChI=1S/C26H20BrNO3/c1-2-31-16-13-11-15(12-14-16)28-24(29)22-21-17-7-3-5-9-19(17)26(27,23(22)25(28)30)20-10-6-4-8-18(20)21/h3-14,21-23H,2H2,1H3/t21?,22-,23+,26?/m0/s1. The normalized spacial score (nSPS) is 27.7. The van der Waals surface area contributed by atoms with Gasteiger partial charge >= 0.3 is 0 Å². The van der Waals surface area contributed by atoms with E-state index in [-0.39, 0.29) is 17.7 Å². The molecule has 2 bridgehead atoms. The van der Waals surface area contributed by atoms with E-state index >= 15 is 0 Å². The average Bonchev–Trinajstić information content (AvgIpc) is 3.07. The van der Waals surface area contributed by atoms with Crippen molar-refractivity contribution in [2.45, 2.75) is 17.2 Å². The molecule has 31 heavy (non-hydrogen) atoms. The van der Waals surface area contributed by atoms with Gasteiger partial charge in [0.1, 0.15) is 5.75 Å². The van der Waals surface area contributed by atoms with Crippen LogP contribution in [0.1, 0.15) is 35.1 Å². The van der Waals surface area contributed by atoms with E-state index < -0.39 is 16.2 Å². The van der Waals surface area contributed by atoms with Crippen LogP contribution in [0, 0.1) is 11.8 Å². The first-order valence-corrected chi connectivity index (χ1v) is 11.3. The number of hydrogen-bond acceptors (Lipinski definition) is 3. The summed E-state index contributed by atoms with van der Waals surface area (Å²) in [5.41, 5.74) is 5.05. The third-order valence-electron chi connectivity index (χ3n) is 6.92. The molecule has 0 saturated carbocycles. The Bertz CT molecular complexity index is 1190. The van der Waals surface area contributed by atoms with Crippen LogP contribution in [-0.2, 0) is 13.9 Å². The van der Waals surface area contributed by atoms with Crippen LogP contribution >= 0.6 is 15.9 Å². The molecule has 4 aliphatic rings. The summed E-state index contributed by atoms with van der Waals surface area (Å²) in [5.74, 6) is -0.591.